The lowest BCUT2D eigenvalue weighted by molar-refractivity contribution is 0.297. The highest BCUT2D eigenvalue weighted by atomic mass is 19.1. The molecule has 3 heteroatoms. The zero-order valence-corrected chi connectivity index (χ0v) is 5.85. The predicted octanol–water partition coefficient (Wildman–Crippen LogP) is 1.50. The first-order chi connectivity index (χ1) is 5.24. The molecular weight excluding hydrogens is 150 g/mol. The van der Waals surface area contributed by atoms with Crippen molar-refractivity contribution in [3.8, 4) is 0 Å². The van der Waals surface area contributed by atoms with E-state index in [1.165, 1.54) is 0 Å². The van der Waals surface area contributed by atoms with Crippen molar-refractivity contribution < 1.29 is 13.9 Å². The van der Waals surface area contributed by atoms with Gasteiger partial charge in [0.15, 0.2) is 0 Å². The van der Waals surface area contributed by atoms with Crippen molar-refractivity contribution in [1.29, 1.82) is 0 Å². The summed E-state index contributed by atoms with van der Waals surface area (Å²) >= 11 is 0. The summed E-state index contributed by atoms with van der Waals surface area (Å²) in [6.45, 7) is -0.166. The third kappa shape index (κ3) is 1.98. The van der Waals surface area contributed by atoms with Gasteiger partial charge in [-0.25, -0.2) is 8.78 Å². The third-order valence-corrected chi connectivity index (χ3v) is 1.39. The van der Waals surface area contributed by atoms with E-state index in [1.54, 1.807) is 0 Å². The van der Waals surface area contributed by atoms with Crippen molar-refractivity contribution in [1.82, 2.24) is 0 Å². The molecular formula is C8H8F2O. The van der Waals surface area contributed by atoms with E-state index in [4.69, 9.17) is 5.11 Å². The van der Waals surface area contributed by atoms with Crippen LogP contribution < -0.4 is 0 Å². The minimum atomic E-state index is -0.477. The fraction of sp³-hybridized carbons (Fsp3) is 0.250. The van der Waals surface area contributed by atoms with Gasteiger partial charge in [-0.1, -0.05) is 0 Å². The summed E-state index contributed by atoms with van der Waals surface area (Å²) in [5.41, 5.74) is 0.215. The summed E-state index contributed by atoms with van der Waals surface area (Å²) in [6.07, 6.45) is 0.156. The van der Waals surface area contributed by atoms with Gasteiger partial charge in [-0.3, -0.25) is 0 Å². The van der Waals surface area contributed by atoms with Crippen molar-refractivity contribution >= 4 is 0 Å². The van der Waals surface area contributed by atoms with E-state index in [-0.39, 0.29) is 18.6 Å². The van der Waals surface area contributed by atoms with E-state index in [9.17, 15) is 8.78 Å². The molecule has 1 aromatic carbocycles. The summed E-state index contributed by atoms with van der Waals surface area (Å²) in [5.74, 6) is -0.949. The van der Waals surface area contributed by atoms with Crippen LogP contribution in [-0.4, -0.2) is 11.7 Å². The smallest absolute Gasteiger partial charge is 0.126 e. The van der Waals surface area contributed by atoms with Gasteiger partial charge in [-0.2, -0.15) is 0 Å². The molecule has 1 aromatic rings. The fourth-order valence-electron chi connectivity index (χ4n) is 0.855. The van der Waals surface area contributed by atoms with Gasteiger partial charge < -0.3 is 5.11 Å². The van der Waals surface area contributed by atoms with Gasteiger partial charge in [0, 0.05) is 6.61 Å². The first kappa shape index (κ1) is 8.14. The highest BCUT2D eigenvalue weighted by Gasteiger charge is 2.01. The van der Waals surface area contributed by atoms with Gasteiger partial charge in [0.2, 0.25) is 0 Å². The Balaban J connectivity index is 2.93. The minimum absolute atomic E-state index is 0.156. The van der Waals surface area contributed by atoms with E-state index < -0.39 is 11.6 Å². The van der Waals surface area contributed by atoms with Crippen LogP contribution in [0.5, 0.6) is 0 Å². The minimum Gasteiger partial charge on any atom is -0.396 e. The number of halogens is 2. The van der Waals surface area contributed by atoms with Crippen LogP contribution in [0.2, 0.25) is 0 Å². The lowest BCUT2D eigenvalue weighted by Crippen LogP contribution is -1.95. The van der Waals surface area contributed by atoms with E-state index in [0.717, 1.165) is 18.2 Å². The van der Waals surface area contributed by atoms with Crippen molar-refractivity contribution in [2.24, 2.45) is 0 Å². The molecule has 0 fully saturated rings. The number of hydrogen-bond donors (Lipinski definition) is 1. The molecule has 0 atom stereocenters. The average molecular weight is 158 g/mol. The molecule has 0 bridgehead atoms. The fourth-order valence-corrected chi connectivity index (χ4v) is 0.855. The molecule has 1 rings (SSSR count). The number of benzene rings is 1. The summed E-state index contributed by atoms with van der Waals surface area (Å²) < 4.78 is 25.1. The third-order valence-electron chi connectivity index (χ3n) is 1.39. The van der Waals surface area contributed by atoms with E-state index in [1.807, 2.05) is 0 Å². The maximum Gasteiger partial charge on any atom is 0.126 e. The molecule has 0 saturated carbocycles. The second-order valence-corrected chi connectivity index (χ2v) is 2.21. The number of rotatable bonds is 2. The van der Waals surface area contributed by atoms with Crippen molar-refractivity contribution in [2.75, 3.05) is 6.61 Å². The lowest BCUT2D eigenvalue weighted by atomic mass is 10.1. The zero-order valence-electron chi connectivity index (χ0n) is 5.85. The molecule has 0 spiro atoms. The van der Waals surface area contributed by atoms with Crippen LogP contribution in [0.1, 0.15) is 5.56 Å². The summed E-state index contributed by atoms with van der Waals surface area (Å²) in [5, 5.41) is 8.45. The van der Waals surface area contributed by atoms with Gasteiger partial charge in [0.1, 0.15) is 11.6 Å². The van der Waals surface area contributed by atoms with E-state index >= 15 is 0 Å². The average Bonchev–Trinajstić information content (AvgIpc) is 1.98. The topological polar surface area (TPSA) is 20.2 Å². The van der Waals surface area contributed by atoms with Crippen LogP contribution in [0.3, 0.4) is 0 Å². The summed E-state index contributed by atoms with van der Waals surface area (Å²) in [7, 11) is 0. The Bertz CT molecular complexity index is 248. The van der Waals surface area contributed by atoms with Crippen molar-refractivity contribution in [2.45, 2.75) is 6.42 Å². The van der Waals surface area contributed by atoms with Crippen LogP contribution in [0, 0.1) is 11.6 Å². The molecule has 60 valence electrons. The molecule has 1 N–H and O–H groups in total. The van der Waals surface area contributed by atoms with E-state index in [2.05, 4.69) is 0 Å². The molecule has 11 heavy (non-hydrogen) atoms. The summed E-state index contributed by atoms with van der Waals surface area (Å²) in [6, 6.07) is 3.20. The lowest BCUT2D eigenvalue weighted by Gasteiger charge is -1.99. The van der Waals surface area contributed by atoms with E-state index in [0.29, 0.717) is 0 Å². The standard InChI is InChI=1S/C8H8F2O/c9-7-1-2-8(10)6(5-7)3-4-11/h1-2,5,11H,3-4H2. The Kier molecular flexibility index (Phi) is 2.54. The maximum atomic E-state index is 12.7. The van der Waals surface area contributed by atoms with Crippen LogP contribution in [0.25, 0.3) is 0 Å². The largest absolute Gasteiger partial charge is 0.396 e. The molecule has 1 nitrogen and oxygen atoms in total. The predicted molar refractivity (Wildman–Crippen MR) is 37.1 cm³/mol. The molecule has 0 aromatic heterocycles. The maximum absolute atomic E-state index is 12.7. The van der Waals surface area contributed by atoms with Gasteiger partial charge in [0.25, 0.3) is 0 Å². The van der Waals surface area contributed by atoms with Gasteiger partial charge in [0.05, 0.1) is 0 Å². The highest BCUT2D eigenvalue weighted by molar-refractivity contribution is 5.18. The second kappa shape index (κ2) is 3.44. The van der Waals surface area contributed by atoms with Crippen molar-refractivity contribution in [3.63, 3.8) is 0 Å². The number of aliphatic hydroxyl groups is 1. The van der Waals surface area contributed by atoms with Crippen LogP contribution in [-0.2, 0) is 6.42 Å². The van der Waals surface area contributed by atoms with Crippen LogP contribution in [0.15, 0.2) is 18.2 Å². The normalized spacial score (nSPS) is 10.1. The Morgan fingerprint density at radius 3 is 2.64 bits per heavy atom. The monoisotopic (exact) mass is 158 g/mol. The Hall–Kier alpha value is -0.960. The van der Waals surface area contributed by atoms with Gasteiger partial charge >= 0.3 is 0 Å². The number of hydrogen-bond acceptors (Lipinski definition) is 1. The van der Waals surface area contributed by atoms with Gasteiger partial charge in [-0.15, -0.1) is 0 Å². The molecule has 0 amide bonds. The first-order valence-electron chi connectivity index (χ1n) is 3.29. The van der Waals surface area contributed by atoms with Crippen LogP contribution in [0.4, 0.5) is 8.78 Å². The Labute approximate surface area is 63.3 Å². The highest BCUT2D eigenvalue weighted by Crippen LogP contribution is 2.09. The zero-order chi connectivity index (χ0) is 8.27. The SMILES string of the molecule is OCCc1cc(F)ccc1F. The Morgan fingerprint density at radius 2 is 2.00 bits per heavy atom. The Morgan fingerprint density at radius 1 is 1.27 bits per heavy atom. The van der Waals surface area contributed by atoms with Crippen molar-refractivity contribution in [3.05, 3.63) is 35.4 Å². The molecule has 0 aliphatic rings. The molecule has 0 radical (unpaired) electrons. The molecule has 0 aliphatic heterocycles. The molecule has 0 unspecified atom stereocenters. The quantitative estimate of drug-likeness (QED) is 0.691. The molecule has 0 heterocycles. The van der Waals surface area contributed by atoms with Crippen LogP contribution >= 0.6 is 0 Å². The summed E-state index contributed by atoms with van der Waals surface area (Å²) in [4.78, 5) is 0. The number of aliphatic hydroxyl groups excluding tert-OH is 1. The molecule has 0 saturated heterocycles. The molecule has 0 aliphatic carbocycles. The van der Waals surface area contributed by atoms with Gasteiger partial charge in [-0.05, 0) is 30.2 Å². The second-order valence-electron chi connectivity index (χ2n) is 2.21. The first-order valence-corrected chi connectivity index (χ1v) is 3.29.